The normalized spacial score (nSPS) is 10.3. The zero-order chi connectivity index (χ0) is 14.5. The Morgan fingerprint density at radius 1 is 1.15 bits per heavy atom. The van der Waals surface area contributed by atoms with Crippen molar-refractivity contribution in [3.05, 3.63) is 58.6 Å². The predicted molar refractivity (Wildman–Crippen MR) is 79.9 cm³/mol. The van der Waals surface area contributed by atoms with Crippen molar-refractivity contribution in [1.29, 1.82) is 0 Å². The largest absolute Gasteiger partial charge is 0.323 e. The molecule has 0 heterocycles. The minimum Gasteiger partial charge on any atom is -0.323 e. The van der Waals surface area contributed by atoms with E-state index in [1.807, 2.05) is 0 Å². The summed E-state index contributed by atoms with van der Waals surface area (Å²) in [4.78, 5) is 12.1. The maximum atomic E-state index is 13.5. The first-order valence-corrected chi connectivity index (χ1v) is 7.46. The summed E-state index contributed by atoms with van der Waals surface area (Å²) in [5.74, 6) is -1.28. The number of halogens is 3. The van der Waals surface area contributed by atoms with Crippen LogP contribution in [0.2, 0.25) is 0 Å². The Morgan fingerprint density at radius 3 is 2.60 bits per heavy atom. The van der Waals surface area contributed by atoms with Crippen molar-refractivity contribution in [2.45, 2.75) is 4.90 Å². The maximum absolute atomic E-state index is 13.5. The average Bonchev–Trinajstić information content (AvgIpc) is 2.41. The highest BCUT2D eigenvalue weighted by molar-refractivity contribution is 9.10. The van der Waals surface area contributed by atoms with Gasteiger partial charge in [-0.2, -0.15) is 0 Å². The first-order valence-electron chi connectivity index (χ1n) is 5.68. The smallest absolute Gasteiger partial charge is 0.234 e. The van der Waals surface area contributed by atoms with Crippen molar-refractivity contribution in [1.82, 2.24) is 0 Å². The average molecular weight is 358 g/mol. The molecule has 2 nitrogen and oxygen atoms in total. The molecule has 0 bridgehead atoms. The number of rotatable bonds is 4. The molecule has 6 heteroatoms. The number of amides is 1. The number of carbonyl (C=O) groups excluding carboxylic acids is 1. The number of hydrogen-bond acceptors (Lipinski definition) is 2. The van der Waals surface area contributed by atoms with Gasteiger partial charge in [-0.15, -0.1) is 11.8 Å². The van der Waals surface area contributed by atoms with Crippen molar-refractivity contribution in [3.8, 4) is 0 Å². The van der Waals surface area contributed by atoms with Crippen LogP contribution in [0.4, 0.5) is 14.5 Å². The van der Waals surface area contributed by atoms with E-state index >= 15 is 0 Å². The van der Waals surface area contributed by atoms with Gasteiger partial charge in [-0.3, -0.25) is 4.79 Å². The molecule has 0 aliphatic carbocycles. The molecule has 0 atom stereocenters. The number of carbonyl (C=O) groups is 1. The topological polar surface area (TPSA) is 29.1 Å². The standard InChI is InChI=1S/C14H10BrF2NOS/c15-9-5-6-12(11(17)7-9)18-14(19)8-20-13-4-2-1-3-10(13)16/h1-7H,8H2,(H,18,19). The molecule has 0 radical (unpaired) electrons. The molecule has 2 aromatic rings. The number of thioether (sulfide) groups is 1. The molecule has 104 valence electrons. The van der Waals surface area contributed by atoms with Crippen molar-refractivity contribution >= 4 is 39.3 Å². The van der Waals surface area contributed by atoms with Gasteiger partial charge < -0.3 is 5.32 Å². The van der Waals surface area contributed by atoms with Crippen LogP contribution in [0, 0.1) is 11.6 Å². The molecule has 0 aromatic heterocycles. The summed E-state index contributed by atoms with van der Waals surface area (Å²) in [5, 5.41) is 2.45. The second kappa shape index (κ2) is 6.85. The Morgan fingerprint density at radius 2 is 1.90 bits per heavy atom. The number of anilines is 1. The fourth-order valence-corrected chi connectivity index (χ4v) is 2.55. The highest BCUT2D eigenvalue weighted by Gasteiger charge is 2.09. The predicted octanol–water partition coefficient (Wildman–Crippen LogP) is 4.46. The molecule has 1 amide bonds. The van der Waals surface area contributed by atoms with Crippen LogP contribution >= 0.6 is 27.7 Å². The Labute approximate surface area is 127 Å². The van der Waals surface area contributed by atoms with Gasteiger partial charge in [-0.25, -0.2) is 8.78 Å². The van der Waals surface area contributed by atoms with Crippen molar-refractivity contribution in [3.63, 3.8) is 0 Å². The molecule has 0 unspecified atom stereocenters. The maximum Gasteiger partial charge on any atom is 0.234 e. The lowest BCUT2D eigenvalue weighted by molar-refractivity contribution is -0.113. The van der Waals surface area contributed by atoms with E-state index in [0.29, 0.717) is 9.37 Å². The van der Waals surface area contributed by atoms with Crippen LogP contribution in [0.15, 0.2) is 51.8 Å². The fourth-order valence-electron chi connectivity index (χ4n) is 1.48. The molecule has 20 heavy (non-hydrogen) atoms. The van der Waals surface area contributed by atoms with Gasteiger partial charge in [0.15, 0.2) is 0 Å². The van der Waals surface area contributed by atoms with Crippen molar-refractivity contribution in [2.24, 2.45) is 0 Å². The van der Waals surface area contributed by atoms with E-state index in [9.17, 15) is 13.6 Å². The molecule has 0 saturated heterocycles. The quantitative estimate of drug-likeness (QED) is 0.818. The zero-order valence-corrected chi connectivity index (χ0v) is 12.6. The summed E-state index contributed by atoms with van der Waals surface area (Å²) < 4.78 is 27.5. The molecule has 1 N–H and O–H groups in total. The van der Waals surface area contributed by atoms with E-state index in [1.165, 1.54) is 18.2 Å². The van der Waals surface area contributed by atoms with Crippen LogP contribution in [0.5, 0.6) is 0 Å². The Hall–Kier alpha value is -1.40. The molecule has 0 aliphatic heterocycles. The molecule has 0 aliphatic rings. The van der Waals surface area contributed by atoms with Crippen LogP contribution in [0.3, 0.4) is 0 Å². The third kappa shape index (κ3) is 4.05. The molecular formula is C14H10BrF2NOS. The van der Waals surface area contributed by atoms with Gasteiger partial charge in [0.05, 0.1) is 11.4 Å². The van der Waals surface area contributed by atoms with Gasteiger partial charge in [0.25, 0.3) is 0 Å². The molecule has 0 fully saturated rings. The third-order valence-electron chi connectivity index (χ3n) is 2.40. The summed E-state index contributed by atoms with van der Waals surface area (Å²) in [6.45, 7) is 0. The van der Waals surface area contributed by atoms with E-state index in [-0.39, 0.29) is 23.2 Å². The minimum atomic E-state index is -0.524. The van der Waals surface area contributed by atoms with Gasteiger partial charge in [0.1, 0.15) is 11.6 Å². The molecule has 0 saturated carbocycles. The summed E-state index contributed by atoms with van der Waals surface area (Å²) in [6.07, 6.45) is 0. The highest BCUT2D eigenvalue weighted by atomic mass is 79.9. The Bertz CT molecular complexity index is 636. The molecule has 2 aromatic carbocycles. The van der Waals surface area contributed by atoms with Crippen LogP contribution in [0.1, 0.15) is 0 Å². The number of benzene rings is 2. The van der Waals surface area contributed by atoms with E-state index < -0.39 is 5.82 Å². The van der Waals surface area contributed by atoms with E-state index in [2.05, 4.69) is 21.2 Å². The Kier molecular flexibility index (Phi) is 5.14. The molecule has 0 spiro atoms. The highest BCUT2D eigenvalue weighted by Crippen LogP contribution is 2.22. The first-order chi connectivity index (χ1) is 9.56. The van der Waals surface area contributed by atoms with Crippen LogP contribution < -0.4 is 5.32 Å². The summed E-state index contributed by atoms with van der Waals surface area (Å²) in [5.41, 5.74) is 0.104. The lowest BCUT2D eigenvalue weighted by Gasteiger charge is -2.07. The minimum absolute atomic E-state index is 0.0104. The van der Waals surface area contributed by atoms with Crippen molar-refractivity contribution < 1.29 is 13.6 Å². The van der Waals surface area contributed by atoms with E-state index in [4.69, 9.17) is 0 Å². The second-order valence-corrected chi connectivity index (χ2v) is 5.82. The number of hydrogen-bond donors (Lipinski definition) is 1. The lowest BCUT2D eigenvalue weighted by Crippen LogP contribution is -2.15. The first kappa shape index (κ1) is 15.0. The summed E-state index contributed by atoms with van der Waals surface area (Å²) in [6, 6.07) is 10.5. The SMILES string of the molecule is O=C(CSc1ccccc1F)Nc1ccc(Br)cc1F. The second-order valence-electron chi connectivity index (χ2n) is 3.89. The van der Waals surface area contributed by atoms with Crippen molar-refractivity contribution in [2.75, 3.05) is 11.1 Å². The van der Waals surface area contributed by atoms with E-state index in [0.717, 1.165) is 11.8 Å². The lowest BCUT2D eigenvalue weighted by atomic mass is 10.3. The van der Waals surface area contributed by atoms with Gasteiger partial charge in [-0.05, 0) is 30.3 Å². The van der Waals surface area contributed by atoms with Gasteiger partial charge in [0, 0.05) is 9.37 Å². The van der Waals surface area contributed by atoms with Gasteiger partial charge >= 0.3 is 0 Å². The monoisotopic (exact) mass is 357 g/mol. The number of nitrogens with one attached hydrogen (secondary N) is 1. The van der Waals surface area contributed by atoms with Gasteiger partial charge in [0.2, 0.25) is 5.91 Å². The van der Waals surface area contributed by atoms with Crippen LogP contribution in [0.25, 0.3) is 0 Å². The molecular weight excluding hydrogens is 348 g/mol. The van der Waals surface area contributed by atoms with Gasteiger partial charge in [-0.1, -0.05) is 28.1 Å². The third-order valence-corrected chi connectivity index (χ3v) is 3.94. The van der Waals surface area contributed by atoms with Crippen LogP contribution in [-0.4, -0.2) is 11.7 Å². The Balaban J connectivity index is 1.94. The van der Waals surface area contributed by atoms with E-state index in [1.54, 1.807) is 24.3 Å². The molecule has 2 rings (SSSR count). The summed E-state index contributed by atoms with van der Waals surface area (Å²) >= 11 is 4.20. The fraction of sp³-hybridized carbons (Fsp3) is 0.0714. The zero-order valence-electron chi connectivity index (χ0n) is 10.2. The summed E-state index contributed by atoms with van der Waals surface area (Å²) in [7, 11) is 0. The van der Waals surface area contributed by atoms with Crippen LogP contribution in [-0.2, 0) is 4.79 Å².